The zero-order valence-electron chi connectivity index (χ0n) is 15.7. The molecule has 0 bridgehead atoms. The molecule has 2 saturated heterocycles. The Hall–Kier alpha value is -2.20. The van der Waals surface area contributed by atoms with Crippen molar-refractivity contribution in [2.75, 3.05) is 26.2 Å². The van der Waals surface area contributed by atoms with E-state index in [9.17, 15) is 9.18 Å². The van der Waals surface area contributed by atoms with Gasteiger partial charge in [-0.15, -0.1) is 0 Å². The second kappa shape index (κ2) is 8.22. The van der Waals surface area contributed by atoms with Crippen LogP contribution in [0.15, 0.2) is 48.5 Å². The van der Waals surface area contributed by atoms with Crippen LogP contribution in [-0.2, 0) is 0 Å². The van der Waals surface area contributed by atoms with Gasteiger partial charge in [0, 0.05) is 24.7 Å². The van der Waals surface area contributed by atoms with Crippen LogP contribution in [-0.4, -0.2) is 47.9 Å². The highest BCUT2D eigenvalue weighted by Gasteiger charge is 2.29. The Labute approximate surface area is 160 Å². The SMILES string of the molecule is O=C(c1cccc(-c2cccc(F)c2)c1)N1CCCC[C@@H]1CN1CCCC1. The van der Waals surface area contributed by atoms with E-state index in [1.165, 1.54) is 31.4 Å². The number of piperidine rings is 1. The van der Waals surface area contributed by atoms with Crippen molar-refractivity contribution in [2.45, 2.75) is 38.1 Å². The summed E-state index contributed by atoms with van der Waals surface area (Å²) in [4.78, 5) is 17.8. The summed E-state index contributed by atoms with van der Waals surface area (Å²) in [6, 6.07) is 14.5. The van der Waals surface area contributed by atoms with Gasteiger partial charge in [-0.1, -0.05) is 24.3 Å². The van der Waals surface area contributed by atoms with E-state index in [4.69, 9.17) is 0 Å². The van der Waals surface area contributed by atoms with Gasteiger partial charge in [0.05, 0.1) is 0 Å². The summed E-state index contributed by atoms with van der Waals surface area (Å²) in [6.07, 6.45) is 5.91. The lowest BCUT2D eigenvalue weighted by molar-refractivity contribution is 0.0560. The molecule has 1 amide bonds. The number of hydrogen-bond donors (Lipinski definition) is 0. The number of rotatable bonds is 4. The first-order valence-electron chi connectivity index (χ1n) is 10.1. The van der Waals surface area contributed by atoms with E-state index in [0.29, 0.717) is 11.6 Å². The van der Waals surface area contributed by atoms with E-state index in [0.717, 1.165) is 50.1 Å². The van der Waals surface area contributed by atoms with E-state index in [1.807, 2.05) is 30.3 Å². The van der Waals surface area contributed by atoms with Crippen molar-refractivity contribution in [3.63, 3.8) is 0 Å². The number of carbonyl (C=O) groups is 1. The van der Waals surface area contributed by atoms with Crippen molar-refractivity contribution >= 4 is 5.91 Å². The van der Waals surface area contributed by atoms with Crippen LogP contribution in [0.3, 0.4) is 0 Å². The van der Waals surface area contributed by atoms with Gasteiger partial charge in [0.15, 0.2) is 0 Å². The first kappa shape index (κ1) is 18.2. The van der Waals surface area contributed by atoms with Gasteiger partial charge >= 0.3 is 0 Å². The fraction of sp³-hybridized carbons (Fsp3) is 0.435. The number of amides is 1. The van der Waals surface area contributed by atoms with Crippen molar-refractivity contribution in [3.8, 4) is 11.1 Å². The molecule has 2 heterocycles. The third kappa shape index (κ3) is 4.22. The largest absolute Gasteiger partial charge is 0.334 e. The summed E-state index contributed by atoms with van der Waals surface area (Å²) < 4.78 is 13.6. The molecule has 2 aliphatic rings. The van der Waals surface area contributed by atoms with E-state index >= 15 is 0 Å². The second-order valence-electron chi connectivity index (χ2n) is 7.75. The number of halogens is 1. The molecule has 0 radical (unpaired) electrons. The predicted molar refractivity (Wildman–Crippen MR) is 106 cm³/mol. The summed E-state index contributed by atoms with van der Waals surface area (Å²) in [5.41, 5.74) is 2.38. The highest BCUT2D eigenvalue weighted by atomic mass is 19.1. The van der Waals surface area contributed by atoms with Crippen LogP contribution in [0, 0.1) is 5.82 Å². The Morgan fingerprint density at radius 3 is 2.41 bits per heavy atom. The highest BCUT2D eigenvalue weighted by Crippen LogP contribution is 2.25. The van der Waals surface area contributed by atoms with Crippen LogP contribution in [0.5, 0.6) is 0 Å². The smallest absolute Gasteiger partial charge is 0.254 e. The number of nitrogens with zero attached hydrogens (tertiary/aromatic N) is 2. The summed E-state index contributed by atoms with van der Waals surface area (Å²) >= 11 is 0. The predicted octanol–water partition coefficient (Wildman–Crippen LogP) is 4.58. The van der Waals surface area contributed by atoms with Gasteiger partial charge in [-0.25, -0.2) is 4.39 Å². The third-order valence-electron chi connectivity index (χ3n) is 5.82. The average Bonchev–Trinajstić information content (AvgIpc) is 3.21. The minimum atomic E-state index is -0.258. The lowest BCUT2D eigenvalue weighted by atomic mass is 9.98. The van der Waals surface area contributed by atoms with Crippen molar-refractivity contribution in [1.82, 2.24) is 9.80 Å². The molecular formula is C23H27FN2O. The standard InChI is InChI=1S/C23H27FN2O/c24-21-10-6-8-19(16-21)18-7-5-9-20(15-18)23(27)26-14-2-1-11-22(26)17-25-12-3-4-13-25/h5-10,15-16,22H,1-4,11-14,17H2/t22-/m1/s1. The molecule has 2 aromatic carbocycles. The Bertz CT molecular complexity index is 800. The molecular weight excluding hydrogens is 339 g/mol. The minimum absolute atomic E-state index is 0.108. The first-order valence-corrected chi connectivity index (χ1v) is 10.1. The van der Waals surface area contributed by atoms with E-state index in [1.54, 1.807) is 6.07 Å². The van der Waals surface area contributed by atoms with E-state index in [-0.39, 0.29) is 11.7 Å². The fourth-order valence-corrected chi connectivity index (χ4v) is 4.39. The normalized spacial score (nSPS) is 20.8. The van der Waals surface area contributed by atoms with Gasteiger partial charge in [-0.2, -0.15) is 0 Å². The third-order valence-corrected chi connectivity index (χ3v) is 5.82. The summed E-state index contributed by atoms with van der Waals surface area (Å²) in [5.74, 6) is -0.150. The number of likely N-dealkylation sites (tertiary alicyclic amines) is 2. The summed E-state index contributed by atoms with van der Waals surface area (Å²) in [5, 5.41) is 0. The van der Waals surface area contributed by atoms with Crippen molar-refractivity contribution in [3.05, 3.63) is 59.9 Å². The molecule has 4 heteroatoms. The molecule has 2 aromatic rings. The lowest BCUT2D eigenvalue weighted by Crippen LogP contribution is -2.49. The molecule has 4 rings (SSSR count). The molecule has 0 aliphatic carbocycles. The molecule has 0 aromatic heterocycles. The van der Waals surface area contributed by atoms with E-state index in [2.05, 4.69) is 9.80 Å². The van der Waals surface area contributed by atoms with E-state index < -0.39 is 0 Å². The quantitative estimate of drug-likeness (QED) is 0.790. The van der Waals surface area contributed by atoms with Crippen LogP contribution >= 0.6 is 0 Å². The maximum absolute atomic E-state index is 13.6. The lowest BCUT2D eigenvalue weighted by Gasteiger charge is -2.38. The van der Waals surface area contributed by atoms with Crippen LogP contribution in [0.4, 0.5) is 4.39 Å². The molecule has 0 N–H and O–H groups in total. The zero-order chi connectivity index (χ0) is 18.6. The van der Waals surface area contributed by atoms with Crippen LogP contribution in [0.2, 0.25) is 0 Å². The summed E-state index contributed by atoms with van der Waals surface area (Å²) in [7, 11) is 0. The Morgan fingerprint density at radius 2 is 1.63 bits per heavy atom. The molecule has 0 unspecified atom stereocenters. The van der Waals surface area contributed by atoms with Gasteiger partial charge < -0.3 is 9.80 Å². The van der Waals surface area contributed by atoms with Crippen LogP contribution in [0.1, 0.15) is 42.5 Å². The van der Waals surface area contributed by atoms with Crippen molar-refractivity contribution in [2.24, 2.45) is 0 Å². The molecule has 0 saturated carbocycles. The van der Waals surface area contributed by atoms with Gasteiger partial charge in [0.2, 0.25) is 0 Å². The van der Waals surface area contributed by atoms with Crippen molar-refractivity contribution in [1.29, 1.82) is 0 Å². The zero-order valence-corrected chi connectivity index (χ0v) is 15.7. The Kier molecular flexibility index (Phi) is 5.53. The van der Waals surface area contributed by atoms with Gasteiger partial charge in [0.1, 0.15) is 5.82 Å². The second-order valence-corrected chi connectivity index (χ2v) is 7.75. The monoisotopic (exact) mass is 366 g/mol. The Morgan fingerprint density at radius 1 is 0.926 bits per heavy atom. The fourth-order valence-electron chi connectivity index (χ4n) is 4.39. The maximum atomic E-state index is 13.6. The van der Waals surface area contributed by atoms with Crippen LogP contribution in [0.25, 0.3) is 11.1 Å². The first-order chi connectivity index (χ1) is 13.2. The molecule has 3 nitrogen and oxygen atoms in total. The van der Waals surface area contributed by atoms with Gasteiger partial charge in [-0.05, 0) is 80.6 Å². The Balaban J connectivity index is 1.54. The minimum Gasteiger partial charge on any atom is -0.334 e. The number of carbonyl (C=O) groups excluding carboxylic acids is 1. The molecule has 27 heavy (non-hydrogen) atoms. The number of hydrogen-bond acceptors (Lipinski definition) is 2. The summed E-state index contributed by atoms with van der Waals surface area (Å²) in [6.45, 7) is 4.15. The topological polar surface area (TPSA) is 23.6 Å². The molecule has 1 atom stereocenters. The number of benzene rings is 2. The molecule has 0 spiro atoms. The molecule has 142 valence electrons. The highest BCUT2D eigenvalue weighted by molar-refractivity contribution is 5.95. The van der Waals surface area contributed by atoms with Gasteiger partial charge in [0.25, 0.3) is 5.91 Å². The maximum Gasteiger partial charge on any atom is 0.254 e. The molecule has 2 fully saturated rings. The van der Waals surface area contributed by atoms with Crippen molar-refractivity contribution < 1.29 is 9.18 Å². The van der Waals surface area contributed by atoms with Crippen LogP contribution < -0.4 is 0 Å². The molecule has 2 aliphatic heterocycles. The average molecular weight is 366 g/mol. The van der Waals surface area contributed by atoms with Gasteiger partial charge in [-0.3, -0.25) is 4.79 Å².